The molecule has 1 atom stereocenters. The van der Waals surface area contributed by atoms with Gasteiger partial charge in [0.1, 0.15) is 0 Å². The summed E-state index contributed by atoms with van der Waals surface area (Å²) in [6.07, 6.45) is 3.09. The minimum atomic E-state index is -0.286. The molecule has 0 spiro atoms. The summed E-state index contributed by atoms with van der Waals surface area (Å²) in [6.45, 7) is 9.40. The Morgan fingerprint density at radius 1 is 1.29 bits per heavy atom. The number of hydrogen-bond donors (Lipinski definition) is 1. The fraction of sp³-hybridized carbons (Fsp3) is 0.545. The van der Waals surface area contributed by atoms with Gasteiger partial charge in [0.05, 0.1) is 0 Å². The lowest BCUT2D eigenvalue weighted by molar-refractivity contribution is -0.131. The number of nitrogens with zero attached hydrogens (tertiary/aromatic N) is 3. The topological polar surface area (TPSA) is 71.6 Å². The van der Waals surface area contributed by atoms with E-state index in [9.17, 15) is 9.59 Å². The number of aryl methyl sites for hydroxylation is 1. The second-order valence-corrected chi connectivity index (χ2v) is 9.02. The normalized spacial score (nSPS) is 17.8. The summed E-state index contributed by atoms with van der Waals surface area (Å²) < 4.78 is 2.11. The van der Waals surface area contributed by atoms with E-state index in [4.69, 9.17) is 5.73 Å². The molecule has 0 aliphatic carbocycles. The van der Waals surface area contributed by atoms with Crippen LogP contribution in [-0.4, -0.2) is 51.9 Å². The number of fused-ring (bicyclic) bond motifs is 1. The molecule has 6 nitrogen and oxygen atoms in total. The molecule has 0 saturated carbocycles. The van der Waals surface area contributed by atoms with E-state index >= 15 is 0 Å². The van der Waals surface area contributed by atoms with Gasteiger partial charge >= 0.3 is 0 Å². The summed E-state index contributed by atoms with van der Waals surface area (Å²) in [5.41, 5.74) is 7.57. The molecule has 1 saturated heterocycles. The van der Waals surface area contributed by atoms with Crippen molar-refractivity contribution in [3.8, 4) is 0 Å². The van der Waals surface area contributed by atoms with Gasteiger partial charge in [0.25, 0.3) is 0 Å². The number of rotatable bonds is 7. The van der Waals surface area contributed by atoms with E-state index in [1.807, 2.05) is 17.0 Å². The molecule has 152 valence electrons. The van der Waals surface area contributed by atoms with Gasteiger partial charge in [-0.25, -0.2) is 0 Å². The van der Waals surface area contributed by atoms with Crippen LogP contribution in [-0.2, 0) is 22.7 Å². The highest BCUT2D eigenvalue weighted by Crippen LogP contribution is 2.27. The number of likely N-dealkylation sites (tertiary alicyclic amines) is 1. The van der Waals surface area contributed by atoms with Crippen molar-refractivity contribution in [3.05, 3.63) is 36.0 Å². The van der Waals surface area contributed by atoms with E-state index in [2.05, 4.69) is 55.6 Å². The molecule has 28 heavy (non-hydrogen) atoms. The summed E-state index contributed by atoms with van der Waals surface area (Å²) in [5.74, 6) is 0.333. The average Bonchev–Trinajstić information content (AvgIpc) is 3.13. The van der Waals surface area contributed by atoms with Crippen molar-refractivity contribution in [2.24, 2.45) is 11.7 Å². The molecule has 0 bridgehead atoms. The molecule has 2 N–H and O–H groups in total. The third-order valence-corrected chi connectivity index (χ3v) is 5.50. The van der Waals surface area contributed by atoms with Gasteiger partial charge in [0.15, 0.2) is 0 Å². The minimum Gasteiger partial charge on any atom is -0.370 e. The first-order chi connectivity index (χ1) is 13.1. The van der Waals surface area contributed by atoms with Crippen molar-refractivity contribution < 1.29 is 9.59 Å². The van der Waals surface area contributed by atoms with Crippen LogP contribution in [0.5, 0.6) is 0 Å². The van der Waals surface area contributed by atoms with Crippen molar-refractivity contribution in [1.82, 2.24) is 14.4 Å². The Kier molecular flexibility index (Phi) is 5.79. The maximum atomic E-state index is 12.3. The molecule has 2 amide bonds. The molecule has 2 heterocycles. The predicted octanol–water partition coefficient (Wildman–Crippen LogP) is 2.60. The average molecular weight is 385 g/mol. The summed E-state index contributed by atoms with van der Waals surface area (Å²) in [5, 5.41) is 1.21. The molecule has 1 unspecified atom stereocenters. The number of para-hydroxylation sites is 1. The van der Waals surface area contributed by atoms with E-state index in [1.165, 1.54) is 10.9 Å². The van der Waals surface area contributed by atoms with Crippen molar-refractivity contribution >= 4 is 22.7 Å². The van der Waals surface area contributed by atoms with Crippen LogP contribution in [0.15, 0.2) is 30.5 Å². The second kappa shape index (κ2) is 7.95. The van der Waals surface area contributed by atoms with Gasteiger partial charge < -0.3 is 20.1 Å². The number of carbonyl (C=O) groups excluding carboxylic acids is 2. The van der Waals surface area contributed by atoms with Crippen LogP contribution in [0.2, 0.25) is 0 Å². The third-order valence-electron chi connectivity index (χ3n) is 5.50. The van der Waals surface area contributed by atoms with E-state index in [0.29, 0.717) is 25.3 Å². The molecule has 3 rings (SSSR count). The zero-order valence-electron chi connectivity index (χ0n) is 17.4. The number of carbonyl (C=O) groups is 2. The van der Waals surface area contributed by atoms with Crippen molar-refractivity contribution in [1.29, 1.82) is 0 Å². The standard InChI is InChI=1S/C22H32N4O2/c1-22(2,3)26-13-16(11-21(26)28)12-24(4)14-17-15-25(10-9-20(23)27)19-8-6-5-7-18(17)19/h5-8,15-16H,9-14H2,1-4H3,(H2,23,27). The summed E-state index contributed by atoms with van der Waals surface area (Å²) >= 11 is 0. The summed E-state index contributed by atoms with van der Waals surface area (Å²) in [7, 11) is 2.11. The molecule has 1 aromatic heterocycles. The molecule has 0 radical (unpaired) electrons. The lowest BCUT2D eigenvalue weighted by Crippen LogP contribution is -2.42. The number of hydrogen-bond acceptors (Lipinski definition) is 3. The maximum Gasteiger partial charge on any atom is 0.223 e. The van der Waals surface area contributed by atoms with Gasteiger partial charge in [-0.1, -0.05) is 18.2 Å². The van der Waals surface area contributed by atoms with Crippen LogP contribution in [0.1, 0.15) is 39.2 Å². The van der Waals surface area contributed by atoms with Crippen LogP contribution >= 0.6 is 0 Å². The predicted molar refractivity (Wildman–Crippen MR) is 112 cm³/mol. The number of nitrogens with two attached hydrogens (primary N) is 1. The van der Waals surface area contributed by atoms with E-state index in [-0.39, 0.29) is 17.4 Å². The SMILES string of the molecule is CN(Cc1cn(CCC(N)=O)c2ccccc12)CC1CC(=O)N(C(C)(C)C)C1. The van der Waals surface area contributed by atoms with E-state index in [0.717, 1.165) is 25.2 Å². The van der Waals surface area contributed by atoms with Crippen molar-refractivity contribution in [3.63, 3.8) is 0 Å². The fourth-order valence-corrected chi connectivity index (χ4v) is 4.21. The first kappa shape index (κ1) is 20.4. The van der Waals surface area contributed by atoms with E-state index in [1.54, 1.807) is 0 Å². The Morgan fingerprint density at radius 2 is 2.00 bits per heavy atom. The quantitative estimate of drug-likeness (QED) is 0.798. The van der Waals surface area contributed by atoms with Gasteiger partial charge in [-0.05, 0) is 45.4 Å². The summed E-state index contributed by atoms with van der Waals surface area (Å²) in [6, 6.07) is 8.26. The van der Waals surface area contributed by atoms with Gasteiger partial charge in [0, 0.05) is 61.7 Å². The Hall–Kier alpha value is -2.34. The van der Waals surface area contributed by atoms with Crippen LogP contribution in [0.4, 0.5) is 0 Å². The number of primary amides is 1. The Balaban J connectivity index is 1.69. The Labute approximate surface area is 167 Å². The number of amides is 2. The lowest BCUT2D eigenvalue weighted by atomic mass is 10.1. The molecule has 6 heteroatoms. The van der Waals surface area contributed by atoms with Gasteiger partial charge in [-0.2, -0.15) is 0 Å². The van der Waals surface area contributed by atoms with Crippen molar-refractivity contribution in [2.45, 2.75) is 52.2 Å². The lowest BCUT2D eigenvalue weighted by Gasteiger charge is -2.32. The summed E-state index contributed by atoms with van der Waals surface area (Å²) in [4.78, 5) is 27.8. The second-order valence-electron chi connectivity index (χ2n) is 9.02. The van der Waals surface area contributed by atoms with Crippen LogP contribution in [0.3, 0.4) is 0 Å². The highest BCUT2D eigenvalue weighted by atomic mass is 16.2. The minimum absolute atomic E-state index is 0.113. The first-order valence-corrected chi connectivity index (χ1v) is 9.99. The molecule has 1 aliphatic heterocycles. The largest absolute Gasteiger partial charge is 0.370 e. The monoisotopic (exact) mass is 384 g/mol. The highest BCUT2D eigenvalue weighted by Gasteiger charge is 2.36. The molecule has 2 aromatic rings. The maximum absolute atomic E-state index is 12.3. The molecule has 1 fully saturated rings. The van der Waals surface area contributed by atoms with E-state index < -0.39 is 0 Å². The van der Waals surface area contributed by atoms with Gasteiger partial charge in [-0.15, -0.1) is 0 Å². The Bertz CT molecular complexity index is 865. The smallest absolute Gasteiger partial charge is 0.223 e. The van der Waals surface area contributed by atoms with Crippen LogP contribution in [0, 0.1) is 5.92 Å². The molecular formula is C22H32N4O2. The first-order valence-electron chi connectivity index (χ1n) is 9.99. The van der Waals surface area contributed by atoms with Gasteiger partial charge in [-0.3, -0.25) is 9.59 Å². The number of aromatic nitrogens is 1. The fourth-order valence-electron chi connectivity index (χ4n) is 4.21. The third kappa shape index (κ3) is 4.55. The number of benzene rings is 1. The van der Waals surface area contributed by atoms with Crippen LogP contribution < -0.4 is 5.73 Å². The zero-order chi connectivity index (χ0) is 20.5. The Morgan fingerprint density at radius 3 is 2.64 bits per heavy atom. The highest BCUT2D eigenvalue weighted by molar-refractivity contribution is 5.84. The van der Waals surface area contributed by atoms with Crippen molar-refractivity contribution in [2.75, 3.05) is 20.1 Å². The molecule has 1 aromatic carbocycles. The molecule has 1 aliphatic rings. The zero-order valence-corrected chi connectivity index (χ0v) is 17.4. The molecular weight excluding hydrogens is 352 g/mol. The van der Waals surface area contributed by atoms with Gasteiger partial charge in [0.2, 0.25) is 11.8 Å². The van der Waals surface area contributed by atoms with Crippen LogP contribution in [0.25, 0.3) is 10.9 Å².